The molecular weight excluding hydrogens is 140 g/mol. The largest absolute Gasteiger partial charge is 0.394 e. The average molecular weight is 160 g/mol. The van der Waals surface area contributed by atoms with Crippen molar-refractivity contribution in [2.45, 2.75) is 32.6 Å². The summed E-state index contributed by atoms with van der Waals surface area (Å²) in [4.78, 5) is 0. The first-order valence-electron chi connectivity index (χ1n) is 4.16. The molecule has 68 valence electrons. The maximum Gasteiger partial charge on any atom is 0.0662 e. The molecular formula is C9H20O2. The molecule has 2 heteroatoms. The summed E-state index contributed by atoms with van der Waals surface area (Å²) in [5.74, 6) is 0. The van der Waals surface area contributed by atoms with Gasteiger partial charge in [-0.25, -0.2) is 0 Å². The number of unbranched alkanes of at least 4 members (excludes halogenated alkanes) is 3. The molecule has 0 radical (unpaired) electrons. The fourth-order valence-corrected chi connectivity index (χ4v) is 0.539. The van der Waals surface area contributed by atoms with Gasteiger partial charge < -0.3 is 10.2 Å². The van der Waals surface area contributed by atoms with E-state index >= 15 is 0 Å². The third-order valence-corrected chi connectivity index (χ3v) is 1.11. The van der Waals surface area contributed by atoms with Crippen LogP contribution in [0.15, 0.2) is 12.7 Å². The van der Waals surface area contributed by atoms with Crippen molar-refractivity contribution in [2.75, 3.05) is 13.2 Å². The first kappa shape index (κ1) is 13.3. The number of aliphatic hydroxyl groups is 2. The highest BCUT2D eigenvalue weighted by molar-refractivity contribution is 4.64. The monoisotopic (exact) mass is 160 g/mol. The summed E-state index contributed by atoms with van der Waals surface area (Å²) in [5.41, 5.74) is 0. The van der Waals surface area contributed by atoms with E-state index in [4.69, 9.17) is 10.2 Å². The van der Waals surface area contributed by atoms with Gasteiger partial charge in [-0.2, -0.15) is 0 Å². The van der Waals surface area contributed by atoms with Crippen molar-refractivity contribution < 1.29 is 10.2 Å². The van der Waals surface area contributed by atoms with Gasteiger partial charge >= 0.3 is 0 Å². The van der Waals surface area contributed by atoms with Crippen molar-refractivity contribution in [1.82, 2.24) is 0 Å². The average Bonchev–Trinajstić information content (AvgIpc) is 2.06. The predicted molar refractivity (Wildman–Crippen MR) is 48.5 cm³/mol. The van der Waals surface area contributed by atoms with E-state index in [1.807, 2.05) is 6.08 Å². The minimum absolute atomic E-state index is 0.125. The van der Waals surface area contributed by atoms with E-state index in [0.717, 1.165) is 0 Å². The van der Waals surface area contributed by atoms with Gasteiger partial charge in [-0.05, 0) is 12.8 Å². The number of aliphatic hydroxyl groups excluding tert-OH is 2. The van der Waals surface area contributed by atoms with Gasteiger partial charge in [0.05, 0.1) is 13.2 Å². The Morgan fingerprint density at radius 3 is 2.00 bits per heavy atom. The Hall–Kier alpha value is -0.340. The van der Waals surface area contributed by atoms with Crippen LogP contribution in [-0.4, -0.2) is 23.4 Å². The molecule has 0 atom stereocenters. The maximum atomic E-state index is 7.62. The van der Waals surface area contributed by atoms with E-state index in [1.165, 1.54) is 25.7 Å². The molecule has 2 N–H and O–H groups in total. The molecule has 11 heavy (non-hydrogen) atoms. The molecule has 0 bridgehead atoms. The van der Waals surface area contributed by atoms with Crippen LogP contribution in [0.4, 0.5) is 0 Å². The van der Waals surface area contributed by atoms with Gasteiger partial charge in [0, 0.05) is 0 Å². The zero-order valence-electron chi connectivity index (χ0n) is 7.42. The molecule has 0 unspecified atom stereocenters. The van der Waals surface area contributed by atoms with E-state index < -0.39 is 0 Å². The van der Waals surface area contributed by atoms with E-state index in [1.54, 1.807) is 0 Å². The van der Waals surface area contributed by atoms with E-state index in [0.29, 0.717) is 0 Å². The number of rotatable bonds is 5. The topological polar surface area (TPSA) is 40.5 Å². The lowest BCUT2D eigenvalue weighted by Crippen LogP contribution is -1.85. The SMILES string of the molecule is C=CCCCCC.OCCO. The molecule has 0 aromatic heterocycles. The second-order valence-electron chi connectivity index (χ2n) is 2.23. The standard InChI is InChI=1S/C7H14.C2H6O2/c1-3-5-7-6-4-2;3-1-2-4/h3H,1,4-7H2,2H3;3-4H,1-2H2. The van der Waals surface area contributed by atoms with Gasteiger partial charge in [0.2, 0.25) is 0 Å². The van der Waals surface area contributed by atoms with Gasteiger partial charge in [0.15, 0.2) is 0 Å². The maximum absolute atomic E-state index is 7.62. The van der Waals surface area contributed by atoms with Crippen LogP contribution in [0.2, 0.25) is 0 Å². The van der Waals surface area contributed by atoms with Gasteiger partial charge in [0.25, 0.3) is 0 Å². The third-order valence-electron chi connectivity index (χ3n) is 1.11. The van der Waals surface area contributed by atoms with Gasteiger partial charge in [-0.15, -0.1) is 6.58 Å². The van der Waals surface area contributed by atoms with Crippen molar-refractivity contribution in [2.24, 2.45) is 0 Å². The van der Waals surface area contributed by atoms with Crippen LogP contribution >= 0.6 is 0 Å². The van der Waals surface area contributed by atoms with Crippen LogP contribution < -0.4 is 0 Å². The Morgan fingerprint density at radius 2 is 1.73 bits per heavy atom. The lowest BCUT2D eigenvalue weighted by Gasteiger charge is -1.87. The Bertz CT molecular complexity index is 60.6. The summed E-state index contributed by atoms with van der Waals surface area (Å²) in [6.45, 7) is 5.59. The third kappa shape index (κ3) is 26.1. The number of allylic oxidation sites excluding steroid dienone is 1. The molecule has 0 fully saturated rings. The summed E-state index contributed by atoms with van der Waals surface area (Å²) in [5, 5.41) is 15.2. The van der Waals surface area contributed by atoms with Gasteiger partial charge in [-0.1, -0.05) is 25.8 Å². The second-order valence-corrected chi connectivity index (χ2v) is 2.23. The van der Waals surface area contributed by atoms with Crippen molar-refractivity contribution in [1.29, 1.82) is 0 Å². The van der Waals surface area contributed by atoms with Crippen LogP contribution in [0.3, 0.4) is 0 Å². The summed E-state index contributed by atoms with van der Waals surface area (Å²) in [6, 6.07) is 0. The molecule has 0 saturated carbocycles. The van der Waals surface area contributed by atoms with Crippen molar-refractivity contribution >= 4 is 0 Å². The van der Waals surface area contributed by atoms with Gasteiger partial charge in [0.1, 0.15) is 0 Å². The molecule has 0 saturated heterocycles. The Labute approximate surface area is 69.6 Å². The predicted octanol–water partition coefficient (Wildman–Crippen LogP) is 1.72. The molecule has 0 heterocycles. The summed E-state index contributed by atoms with van der Waals surface area (Å²) in [7, 11) is 0. The second kappa shape index (κ2) is 16.3. The molecule has 0 aliphatic carbocycles. The van der Waals surface area contributed by atoms with Crippen molar-refractivity contribution in [3.63, 3.8) is 0 Å². The normalized spacial score (nSPS) is 8.27. The van der Waals surface area contributed by atoms with Crippen molar-refractivity contribution in [3.8, 4) is 0 Å². The summed E-state index contributed by atoms with van der Waals surface area (Å²) < 4.78 is 0. The van der Waals surface area contributed by atoms with E-state index in [9.17, 15) is 0 Å². The van der Waals surface area contributed by atoms with Crippen LogP contribution in [0, 0.1) is 0 Å². The molecule has 0 amide bonds. The molecule has 0 aliphatic heterocycles. The van der Waals surface area contributed by atoms with Crippen molar-refractivity contribution in [3.05, 3.63) is 12.7 Å². The first-order chi connectivity index (χ1) is 5.33. The molecule has 0 rings (SSSR count). The summed E-state index contributed by atoms with van der Waals surface area (Å²) in [6.07, 6.45) is 7.16. The smallest absolute Gasteiger partial charge is 0.0662 e. The number of hydrogen-bond acceptors (Lipinski definition) is 2. The first-order valence-corrected chi connectivity index (χ1v) is 4.16. The zero-order chi connectivity index (χ0) is 8.95. The Morgan fingerprint density at radius 1 is 1.18 bits per heavy atom. The lowest BCUT2D eigenvalue weighted by atomic mass is 10.2. The van der Waals surface area contributed by atoms with E-state index in [-0.39, 0.29) is 13.2 Å². The molecule has 0 spiro atoms. The fraction of sp³-hybridized carbons (Fsp3) is 0.778. The van der Waals surface area contributed by atoms with Crippen LogP contribution in [-0.2, 0) is 0 Å². The quantitative estimate of drug-likeness (QED) is 0.475. The molecule has 0 aliphatic rings. The van der Waals surface area contributed by atoms with E-state index in [2.05, 4.69) is 13.5 Å². The highest BCUT2D eigenvalue weighted by atomic mass is 16.3. The van der Waals surface area contributed by atoms with Crippen LogP contribution in [0.25, 0.3) is 0 Å². The summed E-state index contributed by atoms with van der Waals surface area (Å²) >= 11 is 0. The van der Waals surface area contributed by atoms with Gasteiger partial charge in [-0.3, -0.25) is 0 Å². The lowest BCUT2D eigenvalue weighted by molar-refractivity contribution is 0.186. The highest BCUT2D eigenvalue weighted by Gasteiger charge is 1.77. The highest BCUT2D eigenvalue weighted by Crippen LogP contribution is 1.97. The minimum Gasteiger partial charge on any atom is -0.394 e. The van der Waals surface area contributed by atoms with Crippen LogP contribution in [0.1, 0.15) is 32.6 Å². The Kier molecular flexibility index (Phi) is 19.7. The zero-order valence-corrected chi connectivity index (χ0v) is 7.42. The number of hydrogen-bond donors (Lipinski definition) is 2. The van der Waals surface area contributed by atoms with Crippen LogP contribution in [0.5, 0.6) is 0 Å². The molecule has 0 aromatic rings. The molecule has 0 aromatic carbocycles. The Balaban J connectivity index is 0. The molecule has 2 nitrogen and oxygen atoms in total. The minimum atomic E-state index is -0.125. The fourth-order valence-electron chi connectivity index (χ4n) is 0.539.